The molecule has 0 radical (unpaired) electrons. The van der Waals surface area contributed by atoms with Crippen LogP contribution in [0.15, 0.2) is 40.0 Å². The molecule has 1 fully saturated rings. The number of nitrogens with zero attached hydrogens (tertiary/aromatic N) is 1. The average Bonchev–Trinajstić information content (AvgIpc) is 2.41. The summed E-state index contributed by atoms with van der Waals surface area (Å²) < 4.78 is 0.918. The zero-order valence-electron chi connectivity index (χ0n) is 9.87. The van der Waals surface area contributed by atoms with Crippen LogP contribution in [0.2, 0.25) is 0 Å². The van der Waals surface area contributed by atoms with Crippen LogP contribution in [0, 0.1) is 11.3 Å². The predicted molar refractivity (Wildman–Crippen MR) is 73.0 cm³/mol. The fourth-order valence-electron chi connectivity index (χ4n) is 1.97. The maximum atomic E-state index is 12.3. The molecule has 0 spiro atoms. The second kappa shape index (κ2) is 5.83. The summed E-state index contributed by atoms with van der Waals surface area (Å²) in [6.07, 6.45) is 2.90. The van der Waals surface area contributed by atoms with Gasteiger partial charge >= 0.3 is 0 Å². The van der Waals surface area contributed by atoms with E-state index in [9.17, 15) is 10.1 Å². The van der Waals surface area contributed by atoms with Crippen LogP contribution in [0.1, 0.15) is 29.6 Å². The molecule has 1 heterocycles. The Morgan fingerprint density at radius 1 is 1.28 bits per heavy atom. The molecule has 3 nitrogen and oxygen atoms in total. The quantitative estimate of drug-likeness (QED) is 0.519. The summed E-state index contributed by atoms with van der Waals surface area (Å²) in [5, 5.41) is 12.3. The van der Waals surface area contributed by atoms with Crippen molar-refractivity contribution in [3.63, 3.8) is 0 Å². The fraction of sp³-hybridized carbons (Fsp3) is 0.286. The van der Waals surface area contributed by atoms with Gasteiger partial charge in [0.1, 0.15) is 11.6 Å². The summed E-state index contributed by atoms with van der Waals surface area (Å²) in [4.78, 5) is 12.3. The van der Waals surface area contributed by atoms with E-state index in [2.05, 4.69) is 21.2 Å². The Balaban J connectivity index is 2.31. The third-order valence-corrected chi connectivity index (χ3v) is 3.47. The maximum Gasteiger partial charge on any atom is 0.205 e. The molecule has 0 aliphatic carbocycles. The number of benzene rings is 1. The summed E-state index contributed by atoms with van der Waals surface area (Å²) in [6.45, 7) is 0.841. The second-order valence-electron chi connectivity index (χ2n) is 4.19. The number of hydrogen-bond donors (Lipinski definition) is 1. The minimum Gasteiger partial charge on any atom is -0.387 e. The molecule has 0 aromatic heterocycles. The Labute approximate surface area is 115 Å². The topological polar surface area (TPSA) is 52.9 Å². The maximum absolute atomic E-state index is 12.3. The third kappa shape index (κ3) is 2.80. The lowest BCUT2D eigenvalue weighted by atomic mass is 9.98. The number of halogens is 1. The van der Waals surface area contributed by atoms with E-state index in [-0.39, 0.29) is 11.4 Å². The number of Topliss-reactive ketones (excluding diaryl/α,β-unsaturated/α-hetero) is 1. The van der Waals surface area contributed by atoms with Crippen molar-refractivity contribution >= 4 is 21.7 Å². The first-order valence-corrected chi connectivity index (χ1v) is 6.69. The number of allylic oxidation sites excluding steroid dienone is 2. The van der Waals surface area contributed by atoms with Gasteiger partial charge in [0.05, 0.1) is 0 Å². The van der Waals surface area contributed by atoms with Crippen molar-refractivity contribution in [3.8, 4) is 6.07 Å². The van der Waals surface area contributed by atoms with E-state index in [1.807, 2.05) is 6.07 Å². The average molecular weight is 305 g/mol. The molecule has 0 unspecified atom stereocenters. The van der Waals surface area contributed by atoms with Crippen molar-refractivity contribution in [1.82, 2.24) is 5.32 Å². The number of carbonyl (C=O) groups is 1. The van der Waals surface area contributed by atoms with Gasteiger partial charge in [0.25, 0.3) is 0 Å². The second-order valence-corrected chi connectivity index (χ2v) is 5.10. The van der Waals surface area contributed by atoms with Gasteiger partial charge in [0.2, 0.25) is 5.78 Å². The Kier molecular flexibility index (Phi) is 4.16. The zero-order valence-corrected chi connectivity index (χ0v) is 11.5. The van der Waals surface area contributed by atoms with Gasteiger partial charge in [-0.3, -0.25) is 4.79 Å². The lowest BCUT2D eigenvalue weighted by molar-refractivity contribution is 0.103. The normalized spacial score (nSPS) is 17.6. The first-order chi connectivity index (χ1) is 8.72. The molecule has 4 heteroatoms. The molecule has 0 atom stereocenters. The Hall–Kier alpha value is -1.60. The highest BCUT2D eigenvalue weighted by Crippen LogP contribution is 2.19. The highest BCUT2D eigenvalue weighted by molar-refractivity contribution is 9.10. The lowest BCUT2D eigenvalue weighted by Crippen LogP contribution is -2.23. The minimum atomic E-state index is -0.200. The molecule has 0 bridgehead atoms. The Morgan fingerprint density at radius 2 is 2.00 bits per heavy atom. The minimum absolute atomic E-state index is 0.200. The van der Waals surface area contributed by atoms with Crippen molar-refractivity contribution in [1.29, 1.82) is 5.26 Å². The van der Waals surface area contributed by atoms with E-state index in [1.165, 1.54) is 0 Å². The monoisotopic (exact) mass is 304 g/mol. The van der Waals surface area contributed by atoms with E-state index in [0.717, 1.165) is 36.0 Å². The number of rotatable bonds is 2. The van der Waals surface area contributed by atoms with Gasteiger partial charge in [-0.05, 0) is 43.5 Å². The van der Waals surface area contributed by atoms with E-state index in [4.69, 9.17) is 0 Å². The third-order valence-electron chi connectivity index (χ3n) is 2.94. The van der Waals surface area contributed by atoms with Crippen LogP contribution in [0.4, 0.5) is 0 Å². The molecule has 1 N–H and O–H groups in total. The van der Waals surface area contributed by atoms with Crippen LogP contribution >= 0.6 is 15.9 Å². The zero-order chi connectivity index (χ0) is 13.0. The van der Waals surface area contributed by atoms with E-state index in [1.54, 1.807) is 24.3 Å². The van der Waals surface area contributed by atoms with Crippen LogP contribution in [0.25, 0.3) is 0 Å². The summed E-state index contributed by atoms with van der Waals surface area (Å²) in [6, 6.07) is 9.11. The molecule has 1 aromatic carbocycles. The molecular weight excluding hydrogens is 292 g/mol. The fourth-order valence-corrected chi connectivity index (χ4v) is 2.23. The summed E-state index contributed by atoms with van der Waals surface area (Å²) in [7, 11) is 0. The highest BCUT2D eigenvalue weighted by Gasteiger charge is 2.18. The molecule has 1 aromatic rings. The summed E-state index contributed by atoms with van der Waals surface area (Å²) in [5.41, 5.74) is 1.59. The van der Waals surface area contributed by atoms with E-state index < -0.39 is 0 Å². The summed E-state index contributed by atoms with van der Waals surface area (Å²) >= 11 is 3.32. The number of nitrogens with one attached hydrogen (secondary N) is 1. The molecule has 0 saturated carbocycles. The molecule has 1 aliphatic heterocycles. The Bertz CT molecular complexity index is 518. The standard InChI is InChI=1S/C14H13BrN2O/c15-11-6-4-10(5-7-11)14(18)12(9-16)13-3-1-2-8-17-13/h4-7,17H,1-3,8H2/b13-12+. The molecule has 18 heavy (non-hydrogen) atoms. The molecule has 1 saturated heterocycles. The summed E-state index contributed by atoms with van der Waals surface area (Å²) in [5.74, 6) is -0.200. The van der Waals surface area contributed by atoms with Gasteiger partial charge in [-0.2, -0.15) is 5.26 Å². The Morgan fingerprint density at radius 3 is 2.56 bits per heavy atom. The van der Waals surface area contributed by atoms with Crippen molar-refractivity contribution in [2.24, 2.45) is 0 Å². The van der Waals surface area contributed by atoms with Gasteiger partial charge in [-0.1, -0.05) is 15.9 Å². The van der Waals surface area contributed by atoms with E-state index in [0.29, 0.717) is 5.56 Å². The predicted octanol–water partition coefficient (Wildman–Crippen LogP) is 3.18. The SMILES string of the molecule is N#C/C(C(=O)c1ccc(Br)cc1)=C1/CCCCN1. The molecule has 1 aliphatic rings. The van der Waals surface area contributed by atoms with Gasteiger partial charge in [-0.15, -0.1) is 0 Å². The van der Waals surface area contributed by atoms with Crippen molar-refractivity contribution < 1.29 is 4.79 Å². The number of hydrogen-bond acceptors (Lipinski definition) is 3. The highest BCUT2D eigenvalue weighted by atomic mass is 79.9. The smallest absolute Gasteiger partial charge is 0.205 e. The largest absolute Gasteiger partial charge is 0.387 e. The molecule has 92 valence electrons. The van der Waals surface area contributed by atoms with Crippen LogP contribution in [-0.2, 0) is 0 Å². The molecule has 2 rings (SSSR count). The van der Waals surface area contributed by atoms with Gasteiger partial charge in [0.15, 0.2) is 0 Å². The first kappa shape index (κ1) is 12.8. The van der Waals surface area contributed by atoms with Crippen LogP contribution < -0.4 is 5.32 Å². The van der Waals surface area contributed by atoms with Crippen LogP contribution in [-0.4, -0.2) is 12.3 Å². The van der Waals surface area contributed by atoms with Crippen LogP contribution in [0.5, 0.6) is 0 Å². The number of ketones is 1. The lowest BCUT2D eigenvalue weighted by Gasteiger charge is -2.17. The number of nitriles is 1. The number of carbonyl (C=O) groups excluding carboxylic acids is 1. The first-order valence-electron chi connectivity index (χ1n) is 5.90. The van der Waals surface area contributed by atoms with Crippen LogP contribution in [0.3, 0.4) is 0 Å². The van der Waals surface area contributed by atoms with Gasteiger partial charge in [-0.25, -0.2) is 0 Å². The molecular formula is C14H13BrN2O. The van der Waals surface area contributed by atoms with Gasteiger partial charge in [0, 0.05) is 22.3 Å². The van der Waals surface area contributed by atoms with Crippen molar-refractivity contribution in [2.75, 3.05) is 6.54 Å². The van der Waals surface area contributed by atoms with E-state index >= 15 is 0 Å². The molecule has 0 amide bonds. The number of piperidine rings is 1. The van der Waals surface area contributed by atoms with Gasteiger partial charge < -0.3 is 5.32 Å². The van der Waals surface area contributed by atoms with Crippen molar-refractivity contribution in [3.05, 3.63) is 45.6 Å². The van der Waals surface area contributed by atoms with Crippen molar-refractivity contribution in [2.45, 2.75) is 19.3 Å².